The van der Waals surface area contributed by atoms with E-state index in [0.29, 0.717) is 55.8 Å². The number of benzene rings is 2. The van der Waals surface area contributed by atoms with Gasteiger partial charge >= 0.3 is 0 Å². The van der Waals surface area contributed by atoms with E-state index in [4.69, 9.17) is 15.0 Å². The van der Waals surface area contributed by atoms with Crippen LogP contribution in [0.4, 0.5) is 23.5 Å². The van der Waals surface area contributed by atoms with Crippen molar-refractivity contribution in [3.63, 3.8) is 0 Å². The molecule has 2 aromatic carbocycles. The molecule has 1 aromatic heterocycles. The molecule has 0 saturated heterocycles. The second-order valence-electron chi connectivity index (χ2n) is 11.6. The van der Waals surface area contributed by atoms with Gasteiger partial charge in [0.25, 0.3) is 0 Å². The van der Waals surface area contributed by atoms with Gasteiger partial charge in [-0.05, 0) is 76.0 Å². The molecule has 0 fully saturated rings. The number of aromatic hydroxyl groups is 2. The Kier molecular flexibility index (Phi) is 15.0. The number of aliphatic hydroxyl groups excluding tert-OH is 2. The molecule has 49 heavy (non-hydrogen) atoms. The number of anilines is 4. The molecule has 0 bridgehead atoms. The third kappa shape index (κ3) is 11.3. The van der Waals surface area contributed by atoms with Gasteiger partial charge in [0.2, 0.25) is 17.8 Å². The number of hydrogen-bond acceptors (Lipinski definition) is 10. The van der Waals surface area contributed by atoms with Gasteiger partial charge in [-0.2, -0.15) is 15.0 Å². The Morgan fingerprint density at radius 3 is 2.31 bits per heavy atom. The van der Waals surface area contributed by atoms with Crippen molar-refractivity contribution in [2.24, 2.45) is 0 Å². The first-order valence-corrected chi connectivity index (χ1v) is 16.5. The standard InChI is InChI=1S/C39H50N6O4/c1-7-9-10-13-23-32(47)24-18-20-30-21-19-26-34(36(30)49)45(6)39-41-37(43(4)28-17-12-11-14-22-31(46)8-2)40-38(42-39)44(5)29(3)33-25-15-16-27-35(33)48/h7-16,19,21-23,25-27,29,46-49H,17-18,20,24,28H2,1-6H3/b9-7-,12-11-,13-10-,22-14-,31-8+,32-23+. The molecular formula is C39H50N6O4. The minimum atomic E-state index is -0.260. The van der Waals surface area contributed by atoms with E-state index in [0.717, 1.165) is 11.1 Å². The molecule has 0 saturated carbocycles. The van der Waals surface area contributed by atoms with Crippen molar-refractivity contribution < 1.29 is 20.4 Å². The zero-order valence-electron chi connectivity index (χ0n) is 29.4. The number of aromatic nitrogens is 3. The van der Waals surface area contributed by atoms with Gasteiger partial charge in [-0.25, -0.2) is 0 Å². The monoisotopic (exact) mass is 666 g/mol. The summed E-state index contributed by atoms with van der Waals surface area (Å²) in [4.78, 5) is 20.0. The van der Waals surface area contributed by atoms with Gasteiger partial charge in [-0.15, -0.1) is 0 Å². The van der Waals surface area contributed by atoms with Crippen LogP contribution in [0.3, 0.4) is 0 Å². The Hall–Kier alpha value is -5.51. The predicted octanol–water partition coefficient (Wildman–Crippen LogP) is 8.55. The first-order valence-electron chi connectivity index (χ1n) is 16.5. The fourth-order valence-corrected chi connectivity index (χ4v) is 4.88. The summed E-state index contributed by atoms with van der Waals surface area (Å²) >= 11 is 0. The van der Waals surface area contributed by atoms with E-state index < -0.39 is 0 Å². The molecule has 260 valence electrons. The van der Waals surface area contributed by atoms with Crippen molar-refractivity contribution >= 4 is 23.5 Å². The number of aliphatic hydroxyl groups is 2. The van der Waals surface area contributed by atoms with Crippen molar-refractivity contribution in [3.8, 4) is 11.5 Å². The molecule has 0 radical (unpaired) electrons. The Morgan fingerprint density at radius 1 is 0.837 bits per heavy atom. The van der Waals surface area contributed by atoms with Crippen LogP contribution in [0.5, 0.6) is 11.5 Å². The minimum Gasteiger partial charge on any atom is -0.512 e. The van der Waals surface area contributed by atoms with Gasteiger partial charge < -0.3 is 35.1 Å². The highest BCUT2D eigenvalue weighted by Crippen LogP contribution is 2.36. The van der Waals surface area contributed by atoms with Crippen molar-refractivity contribution in [2.45, 2.75) is 52.5 Å². The van der Waals surface area contributed by atoms with Crippen molar-refractivity contribution in [1.29, 1.82) is 0 Å². The maximum Gasteiger partial charge on any atom is 0.236 e. The zero-order chi connectivity index (χ0) is 35.8. The first-order chi connectivity index (χ1) is 23.6. The fraction of sp³-hybridized carbons (Fsp3) is 0.308. The maximum atomic E-state index is 11.4. The number of phenolic OH excluding ortho intramolecular Hbond substituents is 2. The summed E-state index contributed by atoms with van der Waals surface area (Å²) in [7, 11) is 5.57. The SMILES string of the molecule is C\C=C/C=C\C=C(\O)CCCc1cccc(N(C)c2nc(N(C)CC\C=C/C=C\C(O)=C/C)nc(N(C)C(C)c3ccccc3O)n2)c1O. The smallest absolute Gasteiger partial charge is 0.236 e. The number of para-hydroxylation sites is 2. The second-order valence-corrected chi connectivity index (χ2v) is 11.6. The van der Waals surface area contributed by atoms with Gasteiger partial charge in [-0.1, -0.05) is 72.9 Å². The van der Waals surface area contributed by atoms with Gasteiger partial charge in [0, 0.05) is 39.7 Å². The topological polar surface area (TPSA) is 129 Å². The van der Waals surface area contributed by atoms with Crippen LogP contribution in [0.2, 0.25) is 0 Å². The Balaban J connectivity index is 1.90. The van der Waals surface area contributed by atoms with E-state index in [-0.39, 0.29) is 29.1 Å². The molecular weight excluding hydrogens is 616 g/mol. The molecule has 0 amide bonds. The van der Waals surface area contributed by atoms with Crippen LogP contribution in [0, 0.1) is 0 Å². The van der Waals surface area contributed by atoms with Gasteiger partial charge in [-0.3, -0.25) is 0 Å². The summed E-state index contributed by atoms with van der Waals surface area (Å²) in [5.74, 6) is 1.97. The van der Waals surface area contributed by atoms with E-state index in [2.05, 4.69) is 0 Å². The molecule has 10 nitrogen and oxygen atoms in total. The summed E-state index contributed by atoms with van der Waals surface area (Å²) in [5.41, 5.74) is 2.02. The summed E-state index contributed by atoms with van der Waals surface area (Å²) in [6.07, 6.45) is 20.4. The summed E-state index contributed by atoms with van der Waals surface area (Å²) in [6, 6.07) is 12.5. The average molecular weight is 667 g/mol. The molecule has 1 heterocycles. The summed E-state index contributed by atoms with van der Waals surface area (Å²) in [5, 5.41) is 41.7. The van der Waals surface area contributed by atoms with Crippen LogP contribution in [-0.4, -0.2) is 63.1 Å². The summed E-state index contributed by atoms with van der Waals surface area (Å²) in [6.45, 7) is 6.28. The lowest BCUT2D eigenvalue weighted by atomic mass is 10.0. The minimum absolute atomic E-state index is 0.122. The average Bonchev–Trinajstić information content (AvgIpc) is 3.11. The van der Waals surface area contributed by atoms with Crippen molar-refractivity contribution in [3.05, 3.63) is 126 Å². The van der Waals surface area contributed by atoms with E-state index in [1.54, 1.807) is 61.4 Å². The lowest BCUT2D eigenvalue weighted by Crippen LogP contribution is -2.28. The molecule has 10 heteroatoms. The van der Waals surface area contributed by atoms with E-state index in [1.165, 1.54) is 0 Å². The molecule has 3 rings (SSSR count). The number of allylic oxidation sites excluding steroid dienone is 10. The molecule has 1 atom stereocenters. The van der Waals surface area contributed by atoms with Crippen LogP contribution in [0.1, 0.15) is 57.2 Å². The fourth-order valence-electron chi connectivity index (χ4n) is 4.88. The Bertz CT molecular complexity index is 1690. The number of rotatable bonds is 17. The first kappa shape index (κ1) is 37.9. The molecule has 0 aliphatic rings. The van der Waals surface area contributed by atoms with E-state index in [9.17, 15) is 20.4 Å². The van der Waals surface area contributed by atoms with Crippen LogP contribution in [0.25, 0.3) is 0 Å². The highest BCUT2D eigenvalue weighted by molar-refractivity contribution is 5.67. The van der Waals surface area contributed by atoms with Crippen LogP contribution in [0.15, 0.2) is 115 Å². The zero-order valence-corrected chi connectivity index (χ0v) is 29.4. The van der Waals surface area contributed by atoms with Gasteiger partial charge in [0.15, 0.2) is 0 Å². The number of phenols is 2. The quantitative estimate of drug-likeness (QED) is 0.0822. The van der Waals surface area contributed by atoms with Crippen LogP contribution in [-0.2, 0) is 6.42 Å². The van der Waals surface area contributed by atoms with E-state index >= 15 is 0 Å². The lowest BCUT2D eigenvalue weighted by Gasteiger charge is -2.28. The molecule has 0 aliphatic carbocycles. The molecule has 1 unspecified atom stereocenters. The van der Waals surface area contributed by atoms with Gasteiger partial charge in [0.1, 0.15) is 17.3 Å². The lowest BCUT2D eigenvalue weighted by molar-refractivity contribution is 0.383. The van der Waals surface area contributed by atoms with Crippen LogP contribution < -0.4 is 14.7 Å². The van der Waals surface area contributed by atoms with Gasteiger partial charge in [0.05, 0.1) is 17.5 Å². The Labute approximate surface area is 290 Å². The maximum absolute atomic E-state index is 11.4. The van der Waals surface area contributed by atoms with Crippen molar-refractivity contribution in [1.82, 2.24) is 15.0 Å². The number of aryl methyl sites for hydroxylation is 1. The van der Waals surface area contributed by atoms with E-state index in [1.807, 2.05) is 98.5 Å². The Morgan fingerprint density at radius 2 is 1.57 bits per heavy atom. The third-order valence-corrected chi connectivity index (χ3v) is 8.01. The predicted molar refractivity (Wildman–Crippen MR) is 201 cm³/mol. The van der Waals surface area contributed by atoms with Crippen LogP contribution >= 0.6 is 0 Å². The normalized spacial score (nSPS) is 13.3. The number of hydrogen-bond donors (Lipinski definition) is 4. The second kappa shape index (κ2) is 19.3. The largest absolute Gasteiger partial charge is 0.512 e. The third-order valence-electron chi connectivity index (χ3n) is 8.01. The highest BCUT2D eigenvalue weighted by Gasteiger charge is 2.23. The molecule has 0 spiro atoms. The number of nitrogens with zero attached hydrogens (tertiary/aromatic N) is 6. The molecule has 3 aromatic rings. The highest BCUT2D eigenvalue weighted by atomic mass is 16.3. The molecule has 0 aliphatic heterocycles. The van der Waals surface area contributed by atoms with Crippen molar-refractivity contribution in [2.75, 3.05) is 42.4 Å². The molecule has 4 N–H and O–H groups in total. The summed E-state index contributed by atoms with van der Waals surface area (Å²) < 4.78 is 0.